The van der Waals surface area contributed by atoms with E-state index in [1.165, 1.54) is 5.57 Å². The third kappa shape index (κ3) is 5.52. The minimum Gasteiger partial charge on any atom is -0.370 e. The quantitative estimate of drug-likeness (QED) is 0.745. The van der Waals surface area contributed by atoms with Crippen LogP contribution in [0.2, 0.25) is 0 Å². The van der Waals surface area contributed by atoms with Crippen LogP contribution >= 0.6 is 0 Å². The molecule has 2 saturated heterocycles. The van der Waals surface area contributed by atoms with Gasteiger partial charge in [-0.05, 0) is 46.5 Å². The molecule has 1 aromatic heterocycles. The van der Waals surface area contributed by atoms with Gasteiger partial charge in [-0.2, -0.15) is 0 Å². The van der Waals surface area contributed by atoms with E-state index in [4.69, 9.17) is 4.74 Å². The highest BCUT2D eigenvalue weighted by Crippen LogP contribution is 2.38. The van der Waals surface area contributed by atoms with Gasteiger partial charge in [0.05, 0.1) is 17.9 Å². The highest BCUT2D eigenvalue weighted by atomic mass is 16.5. The third-order valence-electron chi connectivity index (χ3n) is 5.46. The summed E-state index contributed by atoms with van der Waals surface area (Å²) < 4.78 is 8.04. The topological polar surface area (TPSA) is 84.3 Å². The number of aryl methyl sites for hydroxylation is 1. The number of carbonyl (C=O) groups is 1. The van der Waals surface area contributed by atoms with Gasteiger partial charge in [0.1, 0.15) is 0 Å². The second kappa shape index (κ2) is 8.84. The number of nitrogens with zero attached hydrogens (tertiary/aromatic N) is 4. The van der Waals surface area contributed by atoms with Crippen molar-refractivity contribution in [2.24, 2.45) is 0 Å². The molecule has 3 rings (SSSR count). The number of allylic oxidation sites excluding steroid dienone is 1. The summed E-state index contributed by atoms with van der Waals surface area (Å²) >= 11 is 0. The molecule has 8 nitrogen and oxygen atoms in total. The molecule has 2 N–H and O–H groups in total. The molecule has 27 heavy (non-hydrogen) atoms. The van der Waals surface area contributed by atoms with Crippen LogP contribution in [0.4, 0.5) is 10.6 Å². The fourth-order valence-corrected chi connectivity index (χ4v) is 3.74. The van der Waals surface area contributed by atoms with Crippen molar-refractivity contribution in [2.45, 2.75) is 64.7 Å². The van der Waals surface area contributed by atoms with Gasteiger partial charge in [0.15, 0.2) is 5.82 Å². The maximum atomic E-state index is 12.0. The van der Waals surface area contributed by atoms with E-state index in [0.29, 0.717) is 12.4 Å². The average Bonchev–Trinajstić information content (AvgIpc) is 3.27. The number of aromatic nitrogens is 3. The normalized spacial score (nSPS) is 22.0. The molecule has 2 aliphatic heterocycles. The zero-order valence-corrected chi connectivity index (χ0v) is 16.7. The monoisotopic (exact) mass is 376 g/mol. The minimum atomic E-state index is -0.265. The molecular formula is C19H32N6O2. The van der Waals surface area contributed by atoms with Gasteiger partial charge < -0.3 is 10.1 Å². The Morgan fingerprint density at radius 1 is 1.37 bits per heavy atom. The predicted molar refractivity (Wildman–Crippen MR) is 105 cm³/mol. The molecule has 0 aliphatic carbocycles. The number of rotatable bonds is 6. The Hall–Kier alpha value is -1.93. The molecule has 2 aliphatic rings. The fraction of sp³-hybridized carbons (Fsp3) is 0.737. The van der Waals surface area contributed by atoms with Crippen molar-refractivity contribution < 1.29 is 9.53 Å². The Morgan fingerprint density at radius 2 is 2.15 bits per heavy atom. The molecule has 8 heteroatoms. The molecule has 1 spiro atoms. The number of urea groups is 1. The van der Waals surface area contributed by atoms with E-state index in [1.807, 2.05) is 6.92 Å². The largest absolute Gasteiger partial charge is 0.370 e. The summed E-state index contributed by atoms with van der Waals surface area (Å²) in [6.07, 6.45) is 8.33. The van der Waals surface area contributed by atoms with Crippen molar-refractivity contribution in [1.29, 1.82) is 0 Å². The van der Waals surface area contributed by atoms with Crippen LogP contribution in [0, 0.1) is 0 Å². The number of carbonyl (C=O) groups excluding carboxylic acids is 1. The lowest BCUT2D eigenvalue weighted by Gasteiger charge is -2.39. The SMILES string of the molecule is CCn1cc(NC(=O)NCC2CCC3(CCN(CC=C(C)C)CC3)O2)nn1. The van der Waals surface area contributed by atoms with E-state index in [9.17, 15) is 4.79 Å². The van der Waals surface area contributed by atoms with Crippen molar-refractivity contribution in [2.75, 3.05) is 31.5 Å². The van der Waals surface area contributed by atoms with Gasteiger partial charge in [0.25, 0.3) is 0 Å². The number of nitrogens with one attached hydrogen (secondary N) is 2. The van der Waals surface area contributed by atoms with Gasteiger partial charge in [-0.15, -0.1) is 5.10 Å². The third-order valence-corrected chi connectivity index (χ3v) is 5.46. The Morgan fingerprint density at radius 3 is 2.81 bits per heavy atom. The molecular weight excluding hydrogens is 344 g/mol. The van der Waals surface area contributed by atoms with E-state index in [0.717, 1.165) is 51.9 Å². The number of amides is 2. The van der Waals surface area contributed by atoms with Crippen molar-refractivity contribution in [3.63, 3.8) is 0 Å². The lowest BCUT2D eigenvalue weighted by atomic mass is 9.88. The highest BCUT2D eigenvalue weighted by Gasteiger charge is 2.42. The number of likely N-dealkylation sites (tertiary alicyclic amines) is 1. The number of anilines is 1. The van der Waals surface area contributed by atoms with Gasteiger partial charge in [-0.3, -0.25) is 14.9 Å². The highest BCUT2D eigenvalue weighted by molar-refractivity contribution is 5.87. The predicted octanol–water partition coefficient (Wildman–Crippen LogP) is 2.40. The van der Waals surface area contributed by atoms with Crippen molar-refractivity contribution in [3.8, 4) is 0 Å². The van der Waals surface area contributed by atoms with Gasteiger partial charge in [0.2, 0.25) is 0 Å². The Labute approximate surface area is 161 Å². The van der Waals surface area contributed by atoms with Gasteiger partial charge in [0, 0.05) is 32.7 Å². The van der Waals surface area contributed by atoms with Crippen LogP contribution in [0.1, 0.15) is 46.5 Å². The first-order chi connectivity index (χ1) is 13.0. The number of hydrogen-bond donors (Lipinski definition) is 2. The zero-order valence-electron chi connectivity index (χ0n) is 16.7. The second-order valence-electron chi connectivity index (χ2n) is 7.84. The smallest absolute Gasteiger partial charge is 0.320 e. The summed E-state index contributed by atoms with van der Waals surface area (Å²) in [6, 6.07) is -0.265. The Balaban J connectivity index is 1.38. The average molecular weight is 377 g/mol. The fourth-order valence-electron chi connectivity index (χ4n) is 3.74. The molecule has 2 fully saturated rings. The van der Waals surface area contributed by atoms with E-state index >= 15 is 0 Å². The number of hydrogen-bond acceptors (Lipinski definition) is 5. The summed E-state index contributed by atoms with van der Waals surface area (Å²) in [5, 5.41) is 13.4. The summed E-state index contributed by atoms with van der Waals surface area (Å²) in [6.45, 7) is 10.7. The second-order valence-corrected chi connectivity index (χ2v) is 7.84. The van der Waals surface area contributed by atoms with E-state index in [2.05, 4.69) is 45.8 Å². The minimum absolute atomic E-state index is 0.00805. The van der Waals surface area contributed by atoms with E-state index in [1.54, 1.807) is 10.9 Å². The lowest BCUT2D eigenvalue weighted by Crippen LogP contribution is -2.45. The van der Waals surface area contributed by atoms with Crippen LogP contribution in [-0.4, -0.2) is 63.8 Å². The lowest BCUT2D eigenvalue weighted by molar-refractivity contribution is -0.0738. The molecule has 0 radical (unpaired) electrons. The maximum absolute atomic E-state index is 12.0. The van der Waals surface area contributed by atoms with Crippen molar-refractivity contribution in [3.05, 3.63) is 17.8 Å². The summed E-state index contributed by atoms with van der Waals surface area (Å²) in [5.74, 6) is 0.460. The zero-order chi connectivity index (χ0) is 19.3. The first-order valence-electron chi connectivity index (χ1n) is 9.96. The van der Waals surface area contributed by atoms with Crippen LogP contribution in [0.3, 0.4) is 0 Å². The molecule has 3 heterocycles. The molecule has 1 atom stereocenters. The molecule has 0 bridgehead atoms. The van der Waals surface area contributed by atoms with Gasteiger partial charge >= 0.3 is 6.03 Å². The van der Waals surface area contributed by atoms with Crippen LogP contribution in [0.25, 0.3) is 0 Å². The molecule has 1 unspecified atom stereocenters. The first-order valence-corrected chi connectivity index (χ1v) is 9.96. The standard InChI is InChI=1S/C19H32N6O2/c1-4-25-14-17(22-23-25)21-18(26)20-13-16-5-7-19(27-16)8-11-24(12-9-19)10-6-15(2)3/h6,14,16H,4-5,7-13H2,1-3H3,(H2,20,21,26). The Kier molecular flexibility index (Phi) is 6.49. The summed E-state index contributed by atoms with van der Waals surface area (Å²) in [7, 11) is 0. The van der Waals surface area contributed by atoms with Crippen LogP contribution in [-0.2, 0) is 11.3 Å². The van der Waals surface area contributed by atoms with E-state index in [-0.39, 0.29) is 17.7 Å². The van der Waals surface area contributed by atoms with Crippen molar-refractivity contribution >= 4 is 11.8 Å². The van der Waals surface area contributed by atoms with Crippen LogP contribution in [0.5, 0.6) is 0 Å². The summed E-state index contributed by atoms with van der Waals surface area (Å²) in [4.78, 5) is 14.5. The molecule has 2 amide bonds. The number of piperidine rings is 1. The first kappa shape index (κ1) is 19.8. The van der Waals surface area contributed by atoms with Gasteiger partial charge in [-0.25, -0.2) is 4.79 Å². The molecule has 0 saturated carbocycles. The molecule has 150 valence electrons. The van der Waals surface area contributed by atoms with Crippen LogP contribution in [0.15, 0.2) is 17.8 Å². The summed E-state index contributed by atoms with van der Waals surface area (Å²) in [5.41, 5.74) is 1.38. The number of ether oxygens (including phenoxy) is 1. The van der Waals surface area contributed by atoms with E-state index < -0.39 is 0 Å². The van der Waals surface area contributed by atoms with Gasteiger partial charge in [-0.1, -0.05) is 16.9 Å². The maximum Gasteiger partial charge on any atom is 0.320 e. The Bertz CT molecular complexity index is 659. The van der Waals surface area contributed by atoms with Crippen molar-refractivity contribution in [1.82, 2.24) is 25.2 Å². The molecule has 0 aromatic carbocycles. The molecule has 1 aromatic rings. The van der Waals surface area contributed by atoms with Crippen LogP contribution < -0.4 is 10.6 Å².